The van der Waals surface area contributed by atoms with Crippen molar-refractivity contribution >= 4 is 27.6 Å². The average molecular weight is 955 g/mol. The van der Waals surface area contributed by atoms with E-state index in [0.717, 1.165) is 77.0 Å². The van der Waals surface area contributed by atoms with E-state index in [1.165, 1.54) is 38.5 Å². The summed E-state index contributed by atoms with van der Waals surface area (Å²) in [4.78, 5) is 54.2. The minimum Gasteiger partial charge on any atom is -0.462 e. The van der Waals surface area contributed by atoms with E-state index in [2.05, 4.69) is 42.7 Å². The number of carbonyl (C=O) groups is 2. The van der Waals surface area contributed by atoms with Crippen LogP contribution in [0.15, 0.2) is 48.6 Å². The number of unbranched alkanes of at least 4 members (excludes halogenated alkanes) is 15. The van der Waals surface area contributed by atoms with E-state index >= 15 is 0 Å². The number of phosphoric acid groups is 2. The van der Waals surface area contributed by atoms with Crippen molar-refractivity contribution in [2.24, 2.45) is 0 Å². The maximum atomic E-state index is 13.0. The minimum atomic E-state index is -5.37. The van der Waals surface area contributed by atoms with Crippen molar-refractivity contribution in [1.82, 2.24) is 0 Å². The maximum Gasteiger partial charge on any atom is 0.472 e. The first-order valence-electron chi connectivity index (χ1n) is 23.3. The Bertz CT molecular complexity index is 1450. The van der Waals surface area contributed by atoms with Crippen LogP contribution < -0.4 is 0 Å². The van der Waals surface area contributed by atoms with Crippen molar-refractivity contribution in [1.29, 1.82) is 0 Å². The lowest BCUT2D eigenvalue weighted by Gasteiger charge is -2.43. The molecule has 0 amide bonds. The summed E-state index contributed by atoms with van der Waals surface area (Å²) in [6, 6.07) is 0. The van der Waals surface area contributed by atoms with Gasteiger partial charge >= 0.3 is 27.6 Å². The van der Waals surface area contributed by atoms with Crippen molar-refractivity contribution in [2.45, 2.75) is 210 Å². The molecule has 8 N–H and O–H groups in total. The predicted molar refractivity (Wildman–Crippen MR) is 243 cm³/mol. The molecule has 0 aliphatic heterocycles. The van der Waals surface area contributed by atoms with Crippen LogP contribution in [0.2, 0.25) is 0 Å². The molecule has 6 unspecified atom stereocenters. The SMILES string of the molecule is CC/C=C\CCCCCCCCCCCCCC(=O)O[C@H](COC(=O)CCCCCCCC(O)/C=C/C=C/C/C=C/CC)COP(=O)(O)O[C@H]1C(O)C(O)C(O)[C@@H](OP(=O)(O)O)C1O. The van der Waals surface area contributed by atoms with Crippen LogP contribution in [0.4, 0.5) is 0 Å². The van der Waals surface area contributed by atoms with Crippen LogP contribution in [0.3, 0.4) is 0 Å². The molecule has 0 heterocycles. The van der Waals surface area contributed by atoms with Gasteiger partial charge in [-0.05, 0) is 51.4 Å². The first-order chi connectivity index (χ1) is 30.5. The van der Waals surface area contributed by atoms with Crippen LogP contribution in [0.1, 0.15) is 162 Å². The summed E-state index contributed by atoms with van der Waals surface area (Å²) in [5.41, 5.74) is 0. The largest absolute Gasteiger partial charge is 0.472 e. The first-order valence-corrected chi connectivity index (χ1v) is 26.3. The molecule has 1 fully saturated rings. The summed E-state index contributed by atoms with van der Waals surface area (Å²) in [6.45, 7) is 2.81. The zero-order valence-corrected chi connectivity index (χ0v) is 39.9. The third-order valence-corrected chi connectivity index (χ3v) is 12.0. The van der Waals surface area contributed by atoms with Crippen molar-refractivity contribution in [3.05, 3.63) is 48.6 Å². The second kappa shape index (κ2) is 36.0. The Labute approximate surface area is 380 Å². The van der Waals surface area contributed by atoms with Gasteiger partial charge < -0.3 is 49.7 Å². The van der Waals surface area contributed by atoms with Crippen LogP contribution in [0.5, 0.6) is 0 Å². The summed E-state index contributed by atoms with van der Waals surface area (Å²) in [7, 11) is -10.7. The van der Waals surface area contributed by atoms with Gasteiger partial charge in [-0.15, -0.1) is 0 Å². The van der Waals surface area contributed by atoms with Crippen molar-refractivity contribution in [2.75, 3.05) is 13.2 Å². The van der Waals surface area contributed by atoms with Crippen LogP contribution in [-0.4, -0.2) is 114 Å². The summed E-state index contributed by atoms with van der Waals surface area (Å²) in [5, 5.41) is 51.4. The standard InChI is InChI=1S/C45H80O17P2/c1-3-5-7-9-11-12-13-14-15-16-17-18-20-24-29-33-39(48)60-37(34-58-38(47)32-28-25-21-23-27-31-36(46)30-26-22-19-10-8-6-4-2)35-59-64(56,57)62-45-42(51)40(49)41(50)44(43(45)52)61-63(53,54)55/h5-8,19,22,26,30,36-37,40-46,49-52H,3-4,9-18,20-21,23-25,27-29,31-35H2,1-2H3,(H,56,57)(H2,53,54,55)/b7-5-,8-6+,22-19+,30-26+/t36?,37-,40?,41?,42?,43?,44-,45+/m1/s1. The van der Waals surface area contributed by atoms with Gasteiger partial charge in [0.2, 0.25) is 0 Å². The molecule has 0 aromatic heterocycles. The lowest BCUT2D eigenvalue weighted by Crippen LogP contribution is -2.64. The molecular weight excluding hydrogens is 874 g/mol. The highest BCUT2D eigenvalue weighted by atomic mass is 31.2. The number of hydrogen-bond donors (Lipinski definition) is 8. The van der Waals surface area contributed by atoms with Gasteiger partial charge in [-0.25, -0.2) is 9.13 Å². The van der Waals surface area contributed by atoms with E-state index in [-0.39, 0.29) is 12.8 Å². The van der Waals surface area contributed by atoms with E-state index in [1.807, 2.05) is 18.2 Å². The smallest absolute Gasteiger partial charge is 0.462 e. The molecular formula is C45H80O17P2. The summed E-state index contributed by atoms with van der Waals surface area (Å²) in [6.07, 6.45) is 20.9. The molecule has 1 saturated carbocycles. The van der Waals surface area contributed by atoms with Crippen LogP contribution in [-0.2, 0) is 41.8 Å². The van der Waals surface area contributed by atoms with E-state index in [4.69, 9.17) is 28.3 Å². The topological polar surface area (TPSA) is 276 Å². The molecule has 0 aromatic rings. The van der Waals surface area contributed by atoms with Gasteiger partial charge in [0, 0.05) is 12.8 Å². The average Bonchev–Trinajstić information content (AvgIpc) is 3.24. The number of rotatable bonds is 38. The third kappa shape index (κ3) is 30.3. The fourth-order valence-corrected chi connectivity index (χ4v) is 8.46. The van der Waals surface area contributed by atoms with Gasteiger partial charge in [0.05, 0.1) is 12.7 Å². The Morgan fingerprint density at radius 2 is 1.09 bits per heavy atom. The Hall–Kier alpha value is -2.08. The Morgan fingerprint density at radius 3 is 1.67 bits per heavy atom. The molecule has 9 atom stereocenters. The zero-order chi connectivity index (χ0) is 47.6. The molecule has 0 saturated heterocycles. The van der Waals surface area contributed by atoms with E-state index in [1.54, 1.807) is 6.08 Å². The lowest BCUT2D eigenvalue weighted by molar-refractivity contribution is -0.216. The summed E-state index contributed by atoms with van der Waals surface area (Å²) < 4.78 is 49.3. The summed E-state index contributed by atoms with van der Waals surface area (Å²) in [5.74, 6) is -1.28. The molecule has 0 aromatic carbocycles. The van der Waals surface area contributed by atoms with Crippen LogP contribution in [0, 0.1) is 0 Å². The number of carbonyl (C=O) groups excluding carboxylic acids is 2. The number of allylic oxidation sites excluding steroid dienone is 7. The summed E-state index contributed by atoms with van der Waals surface area (Å²) >= 11 is 0. The molecule has 64 heavy (non-hydrogen) atoms. The maximum absolute atomic E-state index is 13.0. The normalized spacial score (nSPS) is 22.7. The van der Waals surface area contributed by atoms with Gasteiger partial charge in [-0.2, -0.15) is 0 Å². The monoisotopic (exact) mass is 954 g/mol. The number of aliphatic hydroxyl groups excluding tert-OH is 5. The van der Waals surface area contributed by atoms with Crippen LogP contribution in [0.25, 0.3) is 0 Å². The van der Waals surface area contributed by atoms with Crippen molar-refractivity contribution < 1.29 is 82.0 Å². The van der Waals surface area contributed by atoms with Crippen molar-refractivity contribution in [3.8, 4) is 0 Å². The van der Waals surface area contributed by atoms with E-state index < -0.39 is 89.6 Å². The van der Waals surface area contributed by atoms with Gasteiger partial charge in [0.25, 0.3) is 0 Å². The Kier molecular flexibility index (Phi) is 33.7. The number of esters is 2. The molecule has 17 nitrogen and oxygen atoms in total. The van der Waals surface area contributed by atoms with E-state index in [0.29, 0.717) is 19.3 Å². The first kappa shape index (κ1) is 59.9. The second-order valence-electron chi connectivity index (χ2n) is 16.3. The minimum absolute atomic E-state index is 0.0219. The highest BCUT2D eigenvalue weighted by Crippen LogP contribution is 2.49. The molecule has 1 aliphatic rings. The Morgan fingerprint density at radius 1 is 0.578 bits per heavy atom. The molecule has 19 heteroatoms. The Balaban J connectivity index is 2.63. The van der Waals surface area contributed by atoms with Crippen LogP contribution >= 0.6 is 15.6 Å². The zero-order valence-electron chi connectivity index (χ0n) is 38.1. The van der Waals surface area contributed by atoms with Gasteiger partial charge in [0.1, 0.15) is 43.2 Å². The molecule has 1 rings (SSSR count). The highest BCUT2D eigenvalue weighted by molar-refractivity contribution is 7.47. The fraction of sp³-hybridized carbons (Fsp3) is 0.778. The number of phosphoric ester groups is 2. The molecule has 0 bridgehead atoms. The fourth-order valence-electron chi connectivity index (χ4n) is 6.92. The molecule has 0 radical (unpaired) electrons. The number of ether oxygens (including phenoxy) is 2. The molecule has 1 aliphatic carbocycles. The van der Waals surface area contributed by atoms with Crippen molar-refractivity contribution in [3.63, 3.8) is 0 Å². The predicted octanol–water partition coefficient (Wildman–Crippen LogP) is 7.48. The van der Waals surface area contributed by atoms with Gasteiger partial charge in [-0.1, -0.05) is 146 Å². The second-order valence-corrected chi connectivity index (χ2v) is 18.9. The highest BCUT2D eigenvalue weighted by Gasteiger charge is 2.54. The quantitative estimate of drug-likeness (QED) is 0.00979. The van der Waals surface area contributed by atoms with Gasteiger partial charge in [0.15, 0.2) is 6.10 Å². The number of hydrogen-bond acceptors (Lipinski definition) is 14. The van der Waals surface area contributed by atoms with E-state index in [9.17, 15) is 49.1 Å². The molecule has 372 valence electrons. The lowest BCUT2D eigenvalue weighted by atomic mass is 9.85. The number of aliphatic hydroxyl groups is 5. The van der Waals surface area contributed by atoms with Gasteiger partial charge in [-0.3, -0.25) is 23.2 Å². The molecule has 0 spiro atoms. The third-order valence-electron chi connectivity index (χ3n) is 10.5.